The quantitative estimate of drug-likeness (QED) is 0.455. The summed E-state index contributed by atoms with van der Waals surface area (Å²) >= 11 is 0. The van der Waals surface area contributed by atoms with Crippen LogP contribution in [-0.4, -0.2) is 26.0 Å². The Morgan fingerprint density at radius 1 is 1.17 bits per heavy atom. The second-order valence-corrected chi connectivity index (χ2v) is 5.71. The van der Waals surface area contributed by atoms with Gasteiger partial charge in [-0.05, 0) is 13.0 Å². The molecule has 24 heavy (non-hydrogen) atoms. The van der Waals surface area contributed by atoms with Crippen LogP contribution in [0.15, 0.2) is 23.3 Å². The predicted molar refractivity (Wildman–Crippen MR) is 86.7 cm³/mol. The van der Waals surface area contributed by atoms with E-state index in [1.807, 2.05) is 0 Å². The number of nitro benzene ring substituents is 2. The van der Waals surface area contributed by atoms with Gasteiger partial charge in [-0.25, -0.2) is 0 Å². The highest BCUT2D eigenvalue weighted by molar-refractivity contribution is 5.86. The molecule has 0 saturated carbocycles. The van der Waals surface area contributed by atoms with Gasteiger partial charge in [0.25, 0.3) is 5.69 Å². The third-order valence-corrected chi connectivity index (χ3v) is 3.90. The lowest BCUT2D eigenvalue weighted by Gasteiger charge is -2.23. The minimum Gasteiger partial charge on any atom is -0.272 e. The number of nitro groups is 3. The van der Waals surface area contributed by atoms with Crippen molar-refractivity contribution < 1.29 is 14.8 Å². The average molecular weight is 339 g/mol. The van der Waals surface area contributed by atoms with Crippen molar-refractivity contribution in [2.45, 2.75) is 33.2 Å². The molecular formula is C13H17N5O6. The molecule has 11 heteroatoms. The second-order valence-electron chi connectivity index (χ2n) is 5.71. The lowest BCUT2D eigenvalue weighted by Crippen LogP contribution is -2.41. The van der Waals surface area contributed by atoms with E-state index in [0.717, 1.165) is 18.2 Å². The number of hydrogen-bond donors (Lipinski definition) is 1. The molecule has 1 unspecified atom stereocenters. The Balaban J connectivity index is 3.11. The average Bonchev–Trinajstić information content (AvgIpc) is 2.50. The van der Waals surface area contributed by atoms with Crippen LogP contribution in [0.2, 0.25) is 0 Å². The SMILES string of the molecule is CC(=NNc1ccc([N+](=O)[O-])cc1[N+](=O)[O-])C(C)C(C)(C)[N+](=O)[O-]. The first-order chi connectivity index (χ1) is 11.0. The molecule has 1 rings (SSSR count). The molecule has 0 fully saturated rings. The van der Waals surface area contributed by atoms with E-state index in [9.17, 15) is 30.3 Å². The number of hydrazone groups is 1. The Hall–Kier alpha value is -3.11. The monoisotopic (exact) mass is 339 g/mol. The number of benzene rings is 1. The van der Waals surface area contributed by atoms with Gasteiger partial charge in [-0.1, -0.05) is 6.92 Å². The summed E-state index contributed by atoms with van der Waals surface area (Å²) in [4.78, 5) is 30.8. The highest BCUT2D eigenvalue weighted by atomic mass is 16.6. The summed E-state index contributed by atoms with van der Waals surface area (Å²) in [5.41, 5.74) is 0.574. The topological polar surface area (TPSA) is 154 Å². The van der Waals surface area contributed by atoms with Gasteiger partial charge in [-0.2, -0.15) is 5.10 Å². The van der Waals surface area contributed by atoms with Crippen LogP contribution in [0.25, 0.3) is 0 Å². The summed E-state index contributed by atoms with van der Waals surface area (Å²) in [7, 11) is 0. The number of non-ortho nitro benzene ring substituents is 1. The lowest BCUT2D eigenvalue weighted by molar-refractivity contribution is -0.566. The molecule has 0 aliphatic heterocycles. The Morgan fingerprint density at radius 2 is 1.75 bits per heavy atom. The molecule has 0 spiro atoms. The van der Waals surface area contributed by atoms with Crippen LogP contribution in [0.1, 0.15) is 27.7 Å². The molecule has 0 radical (unpaired) electrons. The molecule has 1 aromatic carbocycles. The maximum absolute atomic E-state index is 11.1. The number of nitrogens with one attached hydrogen (secondary N) is 1. The molecule has 0 aromatic heterocycles. The van der Waals surface area contributed by atoms with Crippen molar-refractivity contribution in [1.82, 2.24) is 0 Å². The van der Waals surface area contributed by atoms with Gasteiger partial charge >= 0.3 is 5.69 Å². The predicted octanol–water partition coefficient (Wildman–Crippen LogP) is 2.98. The fourth-order valence-corrected chi connectivity index (χ4v) is 1.79. The Bertz CT molecular complexity index is 715. The first kappa shape index (κ1) is 18.9. The fraction of sp³-hybridized carbons (Fsp3) is 0.462. The van der Waals surface area contributed by atoms with Gasteiger partial charge in [0.05, 0.1) is 21.8 Å². The van der Waals surface area contributed by atoms with Crippen LogP contribution >= 0.6 is 0 Å². The van der Waals surface area contributed by atoms with Gasteiger partial charge in [0.15, 0.2) is 0 Å². The molecular weight excluding hydrogens is 322 g/mol. The van der Waals surface area contributed by atoms with E-state index < -0.39 is 37.6 Å². The summed E-state index contributed by atoms with van der Waals surface area (Å²) < 4.78 is 0. The molecule has 1 atom stereocenters. The second kappa shape index (κ2) is 6.98. The molecule has 1 aromatic rings. The standard InChI is InChI=1S/C13H17N5O6/c1-8(13(3,4)18(23)24)9(2)14-15-11-6-5-10(16(19)20)7-12(11)17(21)22/h5-8,15H,1-4H3. The van der Waals surface area contributed by atoms with Crippen molar-refractivity contribution in [3.05, 3.63) is 48.5 Å². The van der Waals surface area contributed by atoms with Gasteiger partial charge in [0, 0.05) is 30.5 Å². The lowest BCUT2D eigenvalue weighted by atomic mass is 9.86. The van der Waals surface area contributed by atoms with E-state index in [4.69, 9.17) is 0 Å². The van der Waals surface area contributed by atoms with Gasteiger partial charge < -0.3 is 0 Å². The van der Waals surface area contributed by atoms with E-state index in [1.54, 1.807) is 13.8 Å². The minimum absolute atomic E-state index is 0.0453. The zero-order valence-corrected chi connectivity index (χ0v) is 13.5. The summed E-state index contributed by atoms with van der Waals surface area (Å²) in [5.74, 6) is -0.544. The summed E-state index contributed by atoms with van der Waals surface area (Å²) in [6.07, 6.45) is 0. The Labute approximate surface area is 136 Å². The van der Waals surface area contributed by atoms with Crippen LogP contribution in [-0.2, 0) is 0 Å². The summed E-state index contributed by atoms with van der Waals surface area (Å²) in [6.45, 7) is 6.07. The van der Waals surface area contributed by atoms with Crippen molar-refractivity contribution >= 4 is 22.8 Å². The Kier molecular flexibility index (Phi) is 5.51. The van der Waals surface area contributed by atoms with E-state index in [0.29, 0.717) is 5.71 Å². The molecule has 0 aliphatic rings. The minimum atomic E-state index is -1.27. The number of anilines is 1. The maximum Gasteiger partial charge on any atom is 0.301 e. The molecule has 130 valence electrons. The van der Waals surface area contributed by atoms with E-state index in [-0.39, 0.29) is 5.69 Å². The molecule has 0 aliphatic carbocycles. The molecule has 11 nitrogen and oxygen atoms in total. The molecule has 0 heterocycles. The largest absolute Gasteiger partial charge is 0.301 e. The first-order valence-electron chi connectivity index (χ1n) is 6.86. The van der Waals surface area contributed by atoms with Crippen molar-refractivity contribution in [2.75, 3.05) is 5.43 Å². The Morgan fingerprint density at radius 3 is 2.21 bits per heavy atom. The normalized spacial score (nSPS) is 13.2. The zero-order chi connectivity index (χ0) is 18.7. The van der Waals surface area contributed by atoms with Crippen molar-refractivity contribution in [2.24, 2.45) is 11.0 Å². The van der Waals surface area contributed by atoms with Gasteiger partial charge in [-0.3, -0.25) is 35.8 Å². The van der Waals surface area contributed by atoms with Crippen molar-refractivity contribution in [3.8, 4) is 0 Å². The van der Waals surface area contributed by atoms with Gasteiger partial charge in [-0.15, -0.1) is 0 Å². The summed E-state index contributed by atoms with van der Waals surface area (Å²) in [5, 5.41) is 36.7. The third kappa shape index (κ3) is 4.00. The van der Waals surface area contributed by atoms with Gasteiger partial charge in [0.1, 0.15) is 5.69 Å². The van der Waals surface area contributed by atoms with Crippen molar-refractivity contribution in [1.29, 1.82) is 0 Å². The number of hydrogen-bond acceptors (Lipinski definition) is 8. The maximum atomic E-state index is 11.1. The van der Waals surface area contributed by atoms with E-state index >= 15 is 0 Å². The van der Waals surface area contributed by atoms with Crippen molar-refractivity contribution in [3.63, 3.8) is 0 Å². The van der Waals surface area contributed by atoms with E-state index in [1.165, 1.54) is 13.8 Å². The molecule has 0 saturated heterocycles. The van der Waals surface area contributed by atoms with Crippen LogP contribution in [0.5, 0.6) is 0 Å². The van der Waals surface area contributed by atoms with Crippen LogP contribution in [0.4, 0.5) is 17.1 Å². The van der Waals surface area contributed by atoms with E-state index in [2.05, 4.69) is 10.5 Å². The number of rotatable bonds is 7. The third-order valence-electron chi connectivity index (χ3n) is 3.90. The highest BCUT2D eigenvalue weighted by Crippen LogP contribution is 2.29. The zero-order valence-electron chi connectivity index (χ0n) is 13.5. The molecule has 0 amide bonds. The summed E-state index contributed by atoms with van der Waals surface area (Å²) in [6, 6.07) is 3.08. The van der Waals surface area contributed by atoms with Crippen LogP contribution in [0.3, 0.4) is 0 Å². The number of nitrogens with zero attached hydrogens (tertiary/aromatic N) is 4. The molecule has 0 bridgehead atoms. The smallest absolute Gasteiger partial charge is 0.272 e. The van der Waals surface area contributed by atoms with Crippen LogP contribution < -0.4 is 5.43 Å². The first-order valence-corrected chi connectivity index (χ1v) is 6.86. The van der Waals surface area contributed by atoms with Crippen LogP contribution in [0, 0.1) is 36.3 Å². The van der Waals surface area contributed by atoms with Gasteiger partial charge in [0.2, 0.25) is 5.54 Å². The highest BCUT2D eigenvalue weighted by Gasteiger charge is 2.39. The molecule has 1 N–H and O–H groups in total. The fourth-order valence-electron chi connectivity index (χ4n) is 1.79.